The number of aliphatic carboxylic acids is 1. The molecular weight excluding hydrogens is 378 g/mol. The number of aryl methyl sites for hydroxylation is 1. The molecule has 0 saturated heterocycles. The van der Waals surface area contributed by atoms with E-state index in [-0.39, 0.29) is 18.9 Å². The number of nitrogens with one attached hydrogen (secondary N) is 1. The Kier molecular flexibility index (Phi) is 9.64. The van der Waals surface area contributed by atoms with Gasteiger partial charge in [-0.2, -0.15) is 0 Å². The molecule has 9 heteroatoms. The number of carboxylic acid groups (broad SMARTS) is 1. The third-order valence-electron chi connectivity index (χ3n) is 4.05. The summed E-state index contributed by atoms with van der Waals surface area (Å²) in [6.07, 6.45) is 0.117. The van der Waals surface area contributed by atoms with E-state index in [1.807, 2.05) is 44.2 Å². The number of nitrogens with zero attached hydrogens (tertiary/aromatic N) is 2. The standard InChI is InChI=1S/C20H29N3O6/c1-14(2)13-28-20(27)23(19(21)22(4)15(3)18(25)26)29-17(24)12-8-11-16-9-6-5-7-10-16/h5-7,9-10,14-15,21H,8,11-13H2,1-4H3,(H,25,26). The molecule has 1 unspecified atom stereocenters. The highest BCUT2D eigenvalue weighted by atomic mass is 16.8. The van der Waals surface area contributed by atoms with Crippen molar-refractivity contribution in [3.05, 3.63) is 35.9 Å². The zero-order chi connectivity index (χ0) is 22.0. The van der Waals surface area contributed by atoms with Crippen LogP contribution in [0.15, 0.2) is 30.3 Å². The van der Waals surface area contributed by atoms with E-state index in [9.17, 15) is 14.4 Å². The van der Waals surface area contributed by atoms with Crippen LogP contribution in [0.5, 0.6) is 0 Å². The fraction of sp³-hybridized carbons (Fsp3) is 0.500. The smallest absolute Gasteiger partial charge is 0.451 e. The van der Waals surface area contributed by atoms with Crippen LogP contribution in [0.2, 0.25) is 0 Å². The summed E-state index contributed by atoms with van der Waals surface area (Å²) in [6.45, 7) is 5.07. The quantitative estimate of drug-likeness (QED) is 0.386. The highest BCUT2D eigenvalue weighted by Crippen LogP contribution is 2.10. The lowest BCUT2D eigenvalue weighted by atomic mass is 10.1. The SMILES string of the molecule is CC(C)COC(=O)N(OC(=O)CCCc1ccccc1)C(=N)N(C)C(C)C(=O)O. The van der Waals surface area contributed by atoms with Gasteiger partial charge in [0.05, 0.1) is 6.61 Å². The van der Waals surface area contributed by atoms with Crippen LogP contribution in [0.4, 0.5) is 4.79 Å². The summed E-state index contributed by atoms with van der Waals surface area (Å²) in [5.74, 6) is -2.48. The fourth-order valence-corrected chi connectivity index (χ4v) is 2.18. The van der Waals surface area contributed by atoms with Crippen molar-refractivity contribution in [2.24, 2.45) is 5.92 Å². The van der Waals surface area contributed by atoms with Gasteiger partial charge in [0.2, 0.25) is 5.96 Å². The van der Waals surface area contributed by atoms with Crippen LogP contribution < -0.4 is 0 Å². The third kappa shape index (κ3) is 8.20. The third-order valence-corrected chi connectivity index (χ3v) is 4.05. The van der Waals surface area contributed by atoms with Gasteiger partial charge in [0, 0.05) is 13.5 Å². The van der Waals surface area contributed by atoms with Crippen LogP contribution in [0.3, 0.4) is 0 Å². The van der Waals surface area contributed by atoms with E-state index < -0.39 is 30.0 Å². The molecule has 1 aromatic rings. The van der Waals surface area contributed by atoms with E-state index in [0.29, 0.717) is 17.9 Å². The lowest BCUT2D eigenvalue weighted by Crippen LogP contribution is -2.51. The van der Waals surface area contributed by atoms with E-state index in [2.05, 4.69) is 0 Å². The van der Waals surface area contributed by atoms with E-state index in [4.69, 9.17) is 20.1 Å². The average molecular weight is 407 g/mol. The Hall–Kier alpha value is -3.10. The Morgan fingerprint density at radius 2 is 1.76 bits per heavy atom. The number of carbonyl (C=O) groups is 3. The van der Waals surface area contributed by atoms with Gasteiger partial charge < -0.3 is 19.6 Å². The first-order chi connectivity index (χ1) is 13.6. The molecule has 0 bridgehead atoms. The average Bonchev–Trinajstić information content (AvgIpc) is 2.69. The van der Waals surface area contributed by atoms with Gasteiger partial charge in [-0.15, -0.1) is 0 Å². The number of ether oxygens (including phenoxy) is 1. The number of likely N-dealkylation sites (N-methyl/N-ethyl adjacent to an activating group) is 1. The van der Waals surface area contributed by atoms with E-state index >= 15 is 0 Å². The Balaban J connectivity index is 2.76. The molecule has 2 N–H and O–H groups in total. The number of carboxylic acids is 1. The molecule has 29 heavy (non-hydrogen) atoms. The van der Waals surface area contributed by atoms with Gasteiger partial charge in [-0.25, -0.2) is 14.4 Å². The normalized spacial score (nSPS) is 11.5. The fourth-order valence-electron chi connectivity index (χ4n) is 2.18. The highest BCUT2D eigenvalue weighted by molar-refractivity contribution is 5.94. The molecule has 0 radical (unpaired) electrons. The first kappa shape index (κ1) is 23.9. The van der Waals surface area contributed by atoms with Crippen LogP contribution in [-0.4, -0.2) is 58.8 Å². The van der Waals surface area contributed by atoms with Crippen LogP contribution in [0, 0.1) is 11.3 Å². The highest BCUT2D eigenvalue weighted by Gasteiger charge is 2.31. The molecule has 1 rings (SSSR count). The molecule has 0 aliphatic rings. The Morgan fingerprint density at radius 3 is 2.31 bits per heavy atom. The molecule has 0 aliphatic heterocycles. The van der Waals surface area contributed by atoms with Crippen LogP contribution in [0.25, 0.3) is 0 Å². The maximum atomic E-state index is 12.3. The molecule has 1 amide bonds. The number of rotatable bonds is 8. The maximum absolute atomic E-state index is 12.3. The van der Waals surface area contributed by atoms with E-state index in [1.165, 1.54) is 14.0 Å². The van der Waals surface area contributed by atoms with Gasteiger partial charge in [-0.1, -0.05) is 49.2 Å². The first-order valence-corrected chi connectivity index (χ1v) is 9.39. The summed E-state index contributed by atoms with van der Waals surface area (Å²) in [7, 11) is 1.31. The zero-order valence-electron chi connectivity index (χ0n) is 17.3. The van der Waals surface area contributed by atoms with Crippen molar-refractivity contribution in [3.63, 3.8) is 0 Å². The number of hydrogen-bond donors (Lipinski definition) is 2. The number of hydroxylamine groups is 2. The van der Waals surface area contributed by atoms with Gasteiger partial charge in [0.1, 0.15) is 6.04 Å². The number of guanidine groups is 1. The molecule has 1 atom stereocenters. The van der Waals surface area contributed by atoms with E-state index in [1.54, 1.807) is 0 Å². The van der Waals surface area contributed by atoms with Crippen molar-refractivity contribution in [2.75, 3.05) is 13.7 Å². The van der Waals surface area contributed by atoms with Crippen LogP contribution in [-0.2, 0) is 25.6 Å². The summed E-state index contributed by atoms with van der Waals surface area (Å²) in [4.78, 5) is 41.8. The molecule has 0 aliphatic carbocycles. The lowest BCUT2D eigenvalue weighted by Gasteiger charge is -2.29. The minimum Gasteiger partial charge on any atom is -0.480 e. The van der Waals surface area contributed by atoms with E-state index in [0.717, 1.165) is 10.5 Å². The van der Waals surface area contributed by atoms with Crippen LogP contribution >= 0.6 is 0 Å². The summed E-state index contributed by atoms with van der Waals surface area (Å²) in [5, 5.41) is 17.6. The Labute approximate surface area is 170 Å². The van der Waals surface area contributed by atoms with Crippen molar-refractivity contribution in [3.8, 4) is 0 Å². The van der Waals surface area contributed by atoms with Gasteiger partial charge in [0.15, 0.2) is 0 Å². The number of benzene rings is 1. The largest absolute Gasteiger partial charge is 0.480 e. The van der Waals surface area contributed by atoms with Crippen molar-refractivity contribution >= 4 is 24.0 Å². The number of amides is 1. The second kappa shape index (κ2) is 11.7. The number of hydrogen-bond acceptors (Lipinski definition) is 6. The Morgan fingerprint density at radius 1 is 1.14 bits per heavy atom. The summed E-state index contributed by atoms with van der Waals surface area (Å²) in [5.41, 5.74) is 1.07. The molecule has 0 saturated carbocycles. The summed E-state index contributed by atoms with van der Waals surface area (Å²) >= 11 is 0. The van der Waals surface area contributed by atoms with Crippen LogP contribution in [0.1, 0.15) is 39.2 Å². The molecular formula is C20H29N3O6. The van der Waals surface area contributed by atoms with Gasteiger partial charge >= 0.3 is 18.0 Å². The van der Waals surface area contributed by atoms with Crippen molar-refractivity contribution in [1.29, 1.82) is 5.41 Å². The molecule has 1 aromatic carbocycles. The predicted molar refractivity (Wildman–Crippen MR) is 106 cm³/mol. The Bertz CT molecular complexity index is 707. The topological polar surface area (TPSA) is 120 Å². The molecule has 0 fully saturated rings. The minimum absolute atomic E-state index is 0.0222. The van der Waals surface area contributed by atoms with Crippen molar-refractivity contribution < 1.29 is 29.1 Å². The maximum Gasteiger partial charge on any atom is 0.451 e. The predicted octanol–water partition coefficient (Wildman–Crippen LogP) is 2.90. The zero-order valence-corrected chi connectivity index (χ0v) is 17.3. The van der Waals surface area contributed by atoms with Gasteiger partial charge in [0.25, 0.3) is 0 Å². The molecule has 0 aromatic heterocycles. The molecule has 9 nitrogen and oxygen atoms in total. The number of carbonyl (C=O) groups excluding carboxylic acids is 2. The second-order valence-electron chi connectivity index (χ2n) is 7.02. The summed E-state index contributed by atoms with van der Waals surface area (Å²) in [6, 6.07) is 8.48. The molecule has 0 spiro atoms. The summed E-state index contributed by atoms with van der Waals surface area (Å²) < 4.78 is 5.05. The van der Waals surface area contributed by atoms with Crippen molar-refractivity contribution in [1.82, 2.24) is 9.96 Å². The molecule has 0 heterocycles. The monoisotopic (exact) mass is 407 g/mol. The van der Waals surface area contributed by atoms with Crippen molar-refractivity contribution in [2.45, 2.75) is 46.1 Å². The van der Waals surface area contributed by atoms with Gasteiger partial charge in [-0.3, -0.25) is 5.41 Å². The first-order valence-electron chi connectivity index (χ1n) is 9.39. The molecule has 160 valence electrons. The lowest BCUT2D eigenvalue weighted by molar-refractivity contribution is -0.170. The second-order valence-corrected chi connectivity index (χ2v) is 7.02. The minimum atomic E-state index is -1.19. The van der Waals surface area contributed by atoms with Gasteiger partial charge in [-0.05, 0) is 31.2 Å².